The number of amides is 2. The Bertz CT molecular complexity index is 790. The summed E-state index contributed by atoms with van der Waals surface area (Å²) in [5, 5.41) is 15.8. The molecule has 0 aliphatic rings. The van der Waals surface area contributed by atoms with Gasteiger partial charge in [-0.3, -0.25) is 9.59 Å². The fourth-order valence-corrected chi connectivity index (χ4v) is 4.02. The van der Waals surface area contributed by atoms with Crippen LogP contribution < -0.4 is 10.6 Å². The normalized spacial score (nSPS) is 13.1. The molecule has 0 heterocycles. The lowest BCUT2D eigenvalue weighted by Crippen LogP contribution is -2.48. The zero-order chi connectivity index (χ0) is 24.3. The molecule has 2 amide bonds. The van der Waals surface area contributed by atoms with E-state index < -0.39 is 12.1 Å². The number of aliphatic hydroxyl groups excluding tert-OH is 1. The molecule has 6 heteroatoms. The number of benzene rings is 1. The van der Waals surface area contributed by atoms with E-state index >= 15 is 0 Å². The molecule has 0 aliphatic heterocycles. The molecule has 1 unspecified atom stereocenters. The topological polar surface area (TPSA) is 78.4 Å². The van der Waals surface area contributed by atoms with Crippen molar-refractivity contribution in [3.8, 4) is 0 Å². The molecule has 2 atom stereocenters. The molecule has 0 fully saturated rings. The standard InChI is InChI=1S/C26H40N2O3S/c1-8-14-32-24(18(3)4)20-12-10-19(11-13-20)17-27-25(31)22(15-21(29)9-2)28-23(30)16-26(5,6)7/h8,10-13,21-22,29H,1,9,14-17H2,2-7H3,(H,27,31)(H,28,30)/t21-,22?/m0/s1. The van der Waals surface area contributed by atoms with Crippen molar-refractivity contribution in [1.82, 2.24) is 10.6 Å². The summed E-state index contributed by atoms with van der Waals surface area (Å²) in [7, 11) is 0. The van der Waals surface area contributed by atoms with Gasteiger partial charge in [0.05, 0.1) is 6.10 Å². The van der Waals surface area contributed by atoms with Crippen molar-refractivity contribution in [2.45, 2.75) is 79.5 Å². The third-order valence-electron chi connectivity index (χ3n) is 4.80. The molecule has 32 heavy (non-hydrogen) atoms. The largest absolute Gasteiger partial charge is 0.393 e. The van der Waals surface area contributed by atoms with E-state index in [4.69, 9.17) is 0 Å². The number of hydrogen-bond donors (Lipinski definition) is 3. The number of thioether (sulfide) groups is 1. The molecule has 0 radical (unpaired) electrons. The van der Waals surface area contributed by atoms with Gasteiger partial charge in [0.1, 0.15) is 6.04 Å². The molecular weight excluding hydrogens is 420 g/mol. The van der Waals surface area contributed by atoms with E-state index in [0.29, 0.717) is 19.4 Å². The van der Waals surface area contributed by atoms with Gasteiger partial charge in [-0.05, 0) is 36.8 Å². The van der Waals surface area contributed by atoms with Crippen LogP contribution in [0.3, 0.4) is 0 Å². The highest BCUT2D eigenvalue weighted by Crippen LogP contribution is 2.31. The van der Waals surface area contributed by atoms with Gasteiger partial charge in [-0.2, -0.15) is 0 Å². The molecule has 178 valence electrons. The van der Waals surface area contributed by atoms with E-state index in [-0.39, 0.29) is 23.7 Å². The number of carbonyl (C=O) groups excluding carboxylic acids is 2. The van der Waals surface area contributed by atoms with Crippen LogP contribution in [0.4, 0.5) is 0 Å². The van der Waals surface area contributed by atoms with Crippen molar-refractivity contribution >= 4 is 28.5 Å². The van der Waals surface area contributed by atoms with Crippen molar-refractivity contribution in [3.63, 3.8) is 0 Å². The molecule has 1 aromatic rings. The Morgan fingerprint density at radius 1 is 1.19 bits per heavy atom. The molecule has 0 bridgehead atoms. The first-order chi connectivity index (χ1) is 15.0. The third kappa shape index (κ3) is 10.5. The maximum absolute atomic E-state index is 12.8. The number of hydrogen-bond acceptors (Lipinski definition) is 4. The second-order valence-electron chi connectivity index (χ2n) is 9.50. The van der Waals surface area contributed by atoms with Gasteiger partial charge in [-0.15, -0.1) is 18.3 Å². The zero-order valence-electron chi connectivity index (χ0n) is 20.5. The fourth-order valence-electron chi connectivity index (χ4n) is 3.14. The first kappa shape index (κ1) is 28.0. The minimum Gasteiger partial charge on any atom is -0.393 e. The monoisotopic (exact) mass is 460 g/mol. The van der Waals surface area contributed by atoms with Gasteiger partial charge in [-0.25, -0.2) is 0 Å². The van der Waals surface area contributed by atoms with Crippen molar-refractivity contribution in [2.24, 2.45) is 5.41 Å². The smallest absolute Gasteiger partial charge is 0.242 e. The van der Waals surface area contributed by atoms with Crippen LogP contribution in [0.25, 0.3) is 4.91 Å². The Hall–Kier alpha value is -2.05. The van der Waals surface area contributed by atoms with Gasteiger partial charge in [0.15, 0.2) is 0 Å². The highest BCUT2D eigenvalue weighted by molar-refractivity contribution is 8.08. The van der Waals surface area contributed by atoms with Crippen LogP contribution in [0.2, 0.25) is 0 Å². The van der Waals surface area contributed by atoms with Gasteiger partial charge in [0, 0.05) is 30.0 Å². The molecule has 1 rings (SSSR count). The Morgan fingerprint density at radius 3 is 2.31 bits per heavy atom. The van der Waals surface area contributed by atoms with Crippen LogP contribution in [0.5, 0.6) is 0 Å². The molecule has 5 nitrogen and oxygen atoms in total. The van der Waals surface area contributed by atoms with Crippen LogP contribution >= 0.6 is 11.8 Å². The number of carbonyl (C=O) groups is 2. The minimum atomic E-state index is -0.758. The van der Waals surface area contributed by atoms with E-state index in [0.717, 1.165) is 16.9 Å². The van der Waals surface area contributed by atoms with Crippen LogP contribution in [-0.4, -0.2) is 34.8 Å². The third-order valence-corrected chi connectivity index (χ3v) is 6.14. The quantitative estimate of drug-likeness (QED) is 0.381. The number of allylic oxidation sites excluding steroid dienone is 1. The maximum atomic E-state index is 12.8. The van der Waals surface area contributed by atoms with Gasteiger partial charge >= 0.3 is 0 Å². The molecular formula is C26H40N2O3S. The second kappa shape index (κ2) is 13.5. The fraction of sp³-hybridized carbons (Fsp3) is 0.538. The van der Waals surface area contributed by atoms with Crippen LogP contribution in [0, 0.1) is 5.41 Å². The summed E-state index contributed by atoms with van der Waals surface area (Å²) < 4.78 is 0. The number of aliphatic hydroxyl groups is 1. The average Bonchev–Trinajstić information content (AvgIpc) is 2.70. The Balaban J connectivity index is 2.81. The molecule has 0 aliphatic carbocycles. The lowest BCUT2D eigenvalue weighted by molar-refractivity contribution is -0.130. The first-order valence-corrected chi connectivity index (χ1v) is 12.2. The summed E-state index contributed by atoms with van der Waals surface area (Å²) in [5.41, 5.74) is 3.19. The number of nitrogens with one attached hydrogen (secondary N) is 2. The first-order valence-electron chi connectivity index (χ1n) is 11.2. The molecule has 0 spiro atoms. The average molecular weight is 461 g/mol. The predicted octanol–water partition coefficient (Wildman–Crippen LogP) is 5.05. The molecule has 1 aromatic carbocycles. The van der Waals surface area contributed by atoms with Gasteiger partial charge in [0.25, 0.3) is 0 Å². The Kier molecular flexibility index (Phi) is 11.8. The van der Waals surface area contributed by atoms with Crippen LogP contribution in [-0.2, 0) is 16.1 Å². The highest BCUT2D eigenvalue weighted by atomic mass is 32.2. The van der Waals surface area contributed by atoms with Crippen LogP contribution in [0.15, 0.2) is 42.5 Å². The Labute approximate surface area is 198 Å². The Morgan fingerprint density at radius 2 is 1.81 bits per heavy atom. The maximum Gasteiger partial charge on any atom is 0.242 e. The minimum absolute atomic E-state index is 0.176. The van der Waals surface area contributed by atoms with Crippen LogP contribution in [0.1, 0.15) is 71.9 Å². The van der Waals surface area contributed by atoms with Gasteiger partial charge in [0.2, 0.25) is 11.8 Å². The molecule has 0 saturated carbocycles. The molecule has 0 aromatic heterocycles. The van der Waals surface area contributed by atoms with E-state index in [1.165, 1.54) is 10.5 Å². The predicted molar refractivity (Wildman–Crippen MR) is 136 cm³/mol. The van der Waals surface area contributed by atoms with E-state index in [9.17, 15) is 14.7 Å². The summed E-state index contributed by atoms with van der Waals surface area (Å²) in [6.45, 7) is 16.1. The van der Waals surface area contributed by atoms with E-state index in [1.807, 2.05) is 45.9 Å². The molecule has 0 saturated heterocycles. The van der Waals surface area contributed by atoms with Crippen molar-refractivity contribution in [1.29, 1.82) is 0 Å². The molecule has 3 N–H and O–H groups in total. The van der Waals surface area contributed by atoms with Gasteiger partial charge in [-0.1, -0.05) is 63.6 Å². The van der Waals surface area contributed by atoms with E-state index in [2.05, 4.69) is 43.2 Å². The summed E-state index contributed by atoms with van der Waals surface area (Å²) in [5.74, 6) is 0.386. The summed E-state index contributed by atoms with van der Waals surface area (Å²) in [6, 6.07) is 7.36. The van der Waals surface area contributed by atoms with Gasteiger partial charge < -0.3 is 15.7 Å². The zero-order valence-corrected chi connectivity index (χ0v) is 21.3. The van der Waals surface area contributed by atoms with Crippen molar-refractivity contribution in [3.05, 3.63) is 53.6 Å². The summed E-state index contributed by atoms with van der Waals surface area (Å²) in [6.07, 6.45) is 2.29. The summed E-state index contributed by atoms with van der Waals surface area (Å²) in [4.78, 5) is 26.4. The SMILES string of the molecule is C=CCSC(=C(C)C)c1ccc(CNC(=O)C(C[C@@H](O)CC)NC(=O)CC(C)(C)C)cc1. The summed E-state index contributed by atoms with van der Waals surface area (Å²) >= 11 is 1.76. The number of rotatable bonds is 12. The van der Waals surface area contributed by atoms with Crippen molar-refractivity contribution in [2.75, 3.05) is 5.75 Å². The second-order valence-corrected chi connectivity index (χ2v) is 10.5. The lowest BCUT2D eigenvalue weighted by atomic mass is 9.91. The van der Waals surface area contributed by atoms with Crippen molar-refractivity contribution < 1.29 is 14.7 Å². The lowest BCUT2D eigenvalue weighted by Gasteiger charge is -2.23. The highest BCUT2D eigenvalue weighted by Gasteiger charge is 2.25. The van der Waals surface area contributed by atoms with E-state index in [1.54, 1.807) is 11.8 Å².